The van der Waals surface area contributed by atoms with E-state index in [-0.39, 0.29) is 17.6 Å². The van der Waals surface area contributed by atoms with Gasteiger partial charge in [0.1, 0.15) is 5.82 Å². The summed E-state index contributed by atoms with van der Waals surface area (Å²) < 4.78 is 15.4. The molecule has 1 aliphatic heterocycles. The first-order chi connectivity index (χ1) is 12.5. The monoisotopic (exact) mass is 354 g/mol. The lowest BCUT2D eigenvalue weighted by atomic mass is 10.0. The molecular weight excluding hydrogens is 331 g/mol. The third-order valence-electron chi connectivity index (χ3n) is 5.20. The summed E-state index contributed by atoms with van der Waals surface area (Å²) in [6.45, 7) is 5.45. The minimum Gasteiger partial charge on any atom is -0.360 e. The second-order valence-electron chi connectivity index (χ2n) is 7.31. The van der Waals surface area contributed by atoms with Gasteiger partial charge in [-0.1, -0.05) is 13.8 Å². The first-order valence-corrected chi connectivity index (χ1v) is 9.13. The zero-order valence-corrected chi connectivity index (χ0v) is 15.1. The summed E-state index contributed by atoms with van der Waals surface area (Å²) in [7, 11) is 0. The van der Waals surface area contributed by atoms with Crippen molar-refractivity contribution in [3.8, 4) is 11.1 Å². The SMILES string of the molecule is CC(C)C(=O)N1CCC(n2cc(-c3c[nH]c4cc(F)ccc34)cn2)CC1. The van der Waals surface area contributed by atoms with Gasteiger partial charge in [-0.2, -0.15) is 5.10 Å². The number of H-pyrrole nitrogens is 1. The van der Waals surface area contributed by atoms with Crippen LogP contribution in [0, 0.1) is 11.7 Å². The third kappa shape index (κ3) is 3.00. The van der Waals surface area contributed by atoms with Crippen LogP contribution < -0.4 is 0 Å². The minimum atomic E-state index is -0.246. The molecule has 136 valence electrons. The molecule has 1 amide bonds. The summed E-state index contributed by atoms with van der Waals surface area (Å²) in [5, 5.41) is 5.54. The molecule has 0 bridgehead atoms. The average molecular weight is 354 g/mol. The van der Waals surface area contributed by atoms with Crippen LogP contribution >= 0.6 is 0 Å². The molecule has 1 N–H and O–H groups in total. The van der Waals surface area contributed by atoms with Crippen molar-refractivity contribution in [1.82, 2.24) is 19.7 Å². The third-order valence-corrected chi connectivity index (χ3v) is 5.20. The number of aromatic nitrogens is 3. The van der Waals surface area contributed by atoms with Gasteiger partial charge in [0.25, 0.3) is 0 Å². The van der Waals surface area contributed by atoms with Crippen molar-refractivity contribution in [2.45, 2.75) is 32.7 Å². The molecule has 0 radical (unpaired) electrons. The van der Waals surface area contributed by atoms with E-state index in [9.17, 15) is 9.18 Å². The number of carbonyl (C=O) groups excluding carboxylic acids is 1. The van der Waals surface area contributed by atoms with Gasteiger partial charge in [-0.3, -0.25) is 9.48 Å². The van der Waals surface area contributed by atoms with Gasteiger partial charge in [0.05, 0.1) is 12.2 Å². The molecule has 3 heterocycles. The second-order valence-corrected chi connectivity index (χ2v) is 7.31. The molecule has 1 aromatic carbocycles. The summed E-state index contributed by atoms with van der Waals surface area (Å²) in [6.07, 6.45) is 7.64. The van der Waals surface area contributed by atoms with Crippen LogP contribution in [-0.4, -0.2) is 38.7 Å². The number of amides is 1. The molecule has 0 saturated carbocycles. The van der Waals surface area contributed by atoms with Crippen LogP contribution in [0.1, 0.15) is 32.7 Å². The number of aromatic amines is 1. The number of hydrogen-bond donors (Lipinski definition) is 1. The maximum Gasteiger partial charge on any atom is 0.225 e. The molecule has 2 aromatic heterocycles. The Morgan fingerprint density at radius 3 is 2.81 bits per heavy atom. The lowest BCUT2D eigenvalue weighted by Crippen LogP contribution is -2.41. The first-order valence-electron chi connectivity index (χ1n) is 9.13. The number of halogens is 1. The van der Waals surface area contributed by atoms with Crippen molar-refractivity contribution >= 4 is 16.8 Å². The van der Waals surface area contributed by atoms with Crippen LogP contribution in [0.5, 0.6) is 0 Å². The smallest absolute Gasteiger partial charge is 0.225 e. The molecular formula is C20H23FN4O. The number of nitrogens with one attached hydrogen (secondary N) is 1. The maximum atomic E-state index is 13.4. The van der Waals surface area contributed by atoms with Crippen LogP contribution in [0.3, 0.4) is 0 Å². The highest BCUT2D eigenvalue weighted by molar-refractivity contribution is 5.95. The Bertz CT molecular complexity index is 934. The van der Waals surface area contributed by atoms with Crippen LogP contribution in [0.4, 0.5) is 4.39 Å². The Morgan fingerprint density at radius 1 is 1.31 bits per heavy atom. The molecule has 0 atom stereocenters. The van der Waals surface area contributed by atoms with Gasteiger partial charge in [-0.15, -0.1) is 0 Å². The topological polar surface area (TPSA) is 53.9 Å². The standard InChI is InChI=1S/C20H23FN4O/c1-13(2)20(26)24-7-5-16(6-8-24)25-12-14(10-23-25)18-11-22-19-9-15(21)3-4-17(18)19/h3-4,9-13,16,22H,5-8H2,1-2H3. The quantitative estimate of drug-likeness (QED) is 0.773. The lowest BCUT2D eigenvalue weighted by molar-refractivity contribution is -0.135. The van der Waals surface area contributed by atoms with Crippen molar-refractivity contribution in [1.29, 1.82) is 0 Å². The highest BCUT2D eigenvalue weighted by atomic mass is 19.1. The fourth-order valence-electron chi connectivity index (χ4n) is 3.73. The molecule has 4 rings (SSSR count). The highest BCUT2D eigenvalue weighted by Crippen LogP contribution is 2.30. The van der Waals surface area contributed by atoms with Crippen LogP contribution in [0.15, 0.2) is 36.8 Å². The van der Waals surface area contributed by atoms with Gasteiger partial charge in [0.15, 0.2) is 0 Å². The summed E-state index contributed by atoms with van der Waals surface area (Å²) in [6, 6.07) is 5.09. The molecule has 26 heavy (non-hydrogen) atoms. The number of carbonyl (C=O) groups is 1. The fourth-order valence-corrected chi connectivity index (χ4v) is 3.73. The summed E-state index contributed by atoms with van der Waals surface area (Å²) in [5.74, 6) is 0.0366. The van der Waals surface area contributed by atoms with Crippen molar-refractivity contribution in [3.05, 3.63) is 42.6 Å². The minimum absolute atomic E-state index is 0.0505. The molecule has 3 aromatic rings. The van der Waals surface area contributed by atoms with E-state index < -0.39 is 0 Å². The Balaban J connectivity index is 1.51. The average Bonchev–Trinajstić information content (AvgIpc) is 3.27. The first kappa shape index (κ1) is 16.8. The molecule has 6 heteroatoms. The van der Waals surface area contributed by atoms with E-state index in [0.717, 1.165) is 48.0 Å². The van der Waals surface area contributed by atoms with Gasteiger partial charge in [0, 0.05) is 53.4 Å². The van der Waals surface area contributed by atoms with Gasteiger partial charge in [0.2, 0.25) is 5.91 Å². The van der Waals surface area contributed by atoms with Gasteiger partial charge < -0.3 is 9.88 Å². The van der Waals surface area contributed by atoms with Crippen molar-refractivity contribution in [2.24, 2.45) is 5.92 Å². The predicted octanol–water partition coefficient (Wildman–Crippen LogP) is 3.99. The normalized spacial score (nSPS) is 15.9. The fraction of sp³-hybridized carbons (Fsp3) is 0.400. The Kier molecular flexibility index (Phi) is 4.26. The van der Waals surface area contributed by atoms with E-state index in [2.05, 4.69) is 16.3 Å². The number of benzene rings is 1. The second kappa shape index (κ2) is 6.59. The van der Waals surface area contributed by atoms with Crippen LogP contribution in [0.25, 0.3) is 22.0 Å². The maximum absolute atomic E-state index is 13.4. The Labute approximate surface area is 151 Å². The molecule has 1 saturated heterocycles. The van der Waals surface area contributed by atoms with Crippen LogP contribution in [-0.2, 0) is 4.79 Å². The molecule has 0 unspecified atom stereocenters. The van der Waals surface area contributed by atoms with Crippen LogP contribution in [0.2, 0.25) is 0 Å². The van der Waals surface area contributed by atoms with E-state index in [1.807, 2.05) is 35.8 Å². The number of hydrogen-bond acceptors (Lipinski definition) is 2. The molecule has 5 nitrogen and oxygen atoms in total. The lowest BCUT2D eigenvalue weighted by Gasteiger charge is -2.33. The molecule has 1 fully saturated rings. The molecule has 1 aliphatic rings. The van der Waals surface area contributed by atoms with E-state index in [0.29, 0.717) is 6.04 Å². The van der Waals surface area contributed by atoms with E-state index in [4.69, 9.17) is 0 Å². The highest BCUT2D eigenvalue weighted by Gasteiger charge is 2.25. The largest absolute Gasteiger partial charge is 0.360 e. The zero-order chi connectivity index (χ0) is 18.3. The van der Waals surface area contributed by atoms with Crippen molar-refractivity contribution < 1.29 is 9.18 Å². The summed E-state index contributed by atoms with van der Waals surface area (Å²) >= 11 is 0. The molecule has 0 aliphatic carbocycles. The van der Waals surface area contributed by atoms with Crippen molar-refractivity contribution in [3.63, 3.8) is 0 Å². The number of likely N-dealkylation sites (tertiary alicyclic amines) is 1. The molecule has 0 spiro atoms. The number of fused-ring (bicyclic) bond motifs is 1. The zero-order valence-electron chi connectivity index (χ0n) is 15.1. The van der Waals surface area contributed by atoms with Gasteiger partial charge in [-0.05, 0) is 31.0 Å². The number of nitrogens with zero attached hydrogens (tertiary/aromatic N) is 3. The van der Waals surface area contributed by atoms with Crippen molar-refractivity contribution in [2.75, 3.05) is 13.1 Å². The van der Waals surface area contributed by atoms with E-state index >= 15 is 0 Å². The predicted molar refractivity (Wildman–Crippen MR) is 99.2 cm³/mol. The van der Waals surface area contributed by atoms with E-state index in [1.54, 1.807) is 6.07 Å². The Morgan fingerprint density at radius 2 is 2.08 bits per heavy atom. The Hall–Kier alpha value is -2.63. The number of rotatable bonds is 3. The summed E-state index contributed by atoms with van der Waals surface area (Å²) in [5.41, 5.74) is 2.83. The van der Waals surface area contributed by atoms with E-state index in [1.165, 1.54) is 12.1 Å². The summed E-state index contributed by atoms with van der Waals surface area (Å²) in [4.78, 5) is 17.2. The van der Waals surface area contributed by atoms with Gasteiger partial charge in [-0.25, -0.2) is 4.39 Å². The number of piperidine rings is 1. The van der Waals surface area contributed by atoms with Gasteiger partial charge >= 0.3 is 0 Å².